The quantitative estimate of drug-likeness (QED) is 0.854. The topological polar surface area (TPSA) is 33.1 Å². The first-order chi connectivity index (χ1) is 9.20. The van der Waals surface area contributed by atoms with Crippen molar-refractivity contribution in [1.29, 1.82) is 0 Å². The molecular formula is C17H21NO. The Morgan fingerprint density at radius 3 is 2.21 bits per heavy atom. The molecule has 0 amide bonds. The van der Waals surface area contributed by atoms with Gasteiger partial charge in [0, 0.05) is 12.4 Å². The van der Waals surface area contributed by atoms with E-state index in [-0.39, 0.29) is 0 Å². The molecule has 0 fully saturated rings. The van der Waals surface area contributed by atoms with Crippen molar-refractivity contribution in [3.05, 3.63) is 59.9 Å². The first kappa shape index (κ1) is 13.6. The van der Waals surface area contributed by atoms with Crippen molar-refractivity contribution < 1.29 is 5.11 Å². The SMILES string of the molecule is CCC(CC(C)c1ccc(O)cc1)c1ccncc1. The first-order valence-electron chi connectivity index (χ1n) is 6.89. The molecule has 2 heteroatoms. The molecule has 0 bridgehead atoms. The monoisotopic (exact) mass is 255 g/mol. The molecule has 2 rings (SSSR count). The molecule has 0 radical (unpaired) electrons. The number of phenols is 1. The molecule has 2 atom stereocenters. The van der Waals surface area contributed by atoms with Crippen LogP contribution >= 0.6 is 0 Å². The third-order valence-corrected chi connectivity index (χ3v) is 3.77. The van der Waals surface area contributed by atoms with Gasteiger partial charge in [-0.2, -0.15) is 0 Å². The van der Waals surface area contributed by atoms with Gasteiger partial charge < -0.3 is 5.11 Å². The molecule has 0 saturated heterocycles. The molecule has 0 spiro atoms. The Bertz CT molecular complexity index is 492. The molecule has 0 saturated carbocycles. The van der Waals surface area contributed by atoms with E-state index in [1.54, 1.807) is 12.1 Å². The maximum absolute atomic E-state index is 9.34. The Balaban J connectivity index is 2.08. The minimum Gasteiger partial charge on any atom is -0.508 e. The number of pyridine rings is 1. The van der Waals surface area contributed by atoms with Gasteiger partial charge in [0.25, 0.3) is 0 Å². The van der Waals surface area contributed by atoms with Gasteiger partial charge in [-0.3, -0.25) is 4.98 Å². The van der Waals surface area contributed by atoms with Crippen LogP contribution in [0.1, 0.15) is 49.7 Å². The summed E-state index contributed by atoms with van der Waals surface area (Å²) in [6.45, 7) is 4.48. The molecule has 19 heavy (non-hydrogen) atoms. The van der Waals surface area contributed by atoms with E-state index in [2.05, 4.69) is 31.0 Å². The second-order valence-electron chi connectivity index (χ2n) is 5.11. The third-order valence-electron chi connectivity index (χ3n) is 3.77. The minimum absolute atomic E-state index is 0.331. The van der Waals surface area contributed by atoms with Crippen LogP contribution in [0.3, 0.4) is 0 Å². The highest BCUT2D eigenvalue weighted by Crippen LogP contribution is 2.32. The van der Waals surface area contributed by atoms with E-state index in [0.717, 1.165) is 12.8 Å². The molecule has 100 valence electrons. The predicted molar refractivity (Wildman–Crippen MR) is 78.4 cm³/mol. The average molecular weight is 255 g/mol. The van der Waals surface area contributed by atoms with Gasteiger partial charge in [-0.1, -0.05) is 26.0 Å². The molecular weight excluding hydrogens is 234 g/mol. The molecule has 2 unspecified atom stereocenters. The lowest BCUT2D eigenvalue weighted by molar-refractivity contribution is 0.474. The Labute approximate surface area is 115 Å². The fourth-order valence-corrected chi connectivity index (χ4v) is 2.54. The lowest BCUT2D eigenvalue weighted by atomic mass is 9.85. The van der Waals surface area contributed by atoms with E-state index in [4.69, 9.17) is 0 Å². The van der Waals surface area contributed by atoms with E-state index in [9.17, 15) is 5.11 Å². The highest BCUT2D eigenvalue weighted by Gasteiger charge is 2.15. The van der Waals surface area contributed by atoms with Crippen LogP contribution in [0, 0.1) is 0 Å². The van der Waals surface area contributed by atoms with E-state index >= 15 is 0 Å². The predicted octanol–water partition coefficient (Wildman–Crippen LogP) is 4.47. The number of aromatic hydroxyl groups is 1. The van der Waals surface area contributed by atoms with Gasteiger partial charge in [0.2, 0.25) is 0 Å². The summed E-state index contributed by atoms with van der Waals surface area (Å²) in [7, 11) is 0. The van der Waals surface area contributed by atoms with Crippen molar-refractivity contribution >= 4 is 0 Å². The zero-order chi connectivity index (χ0) is 13.7. The molecule has 1 aromatic heterocycles. The Morgan fingerprint density at radius 2 is 1.63 bits per heavy atom. The average Bonchev–Trinajstić information content (AvgIpc) is 2.46. The number of benzene rings is 1. The summed E-state index contributed by atoms with van der Waals surface area (Å²) in [5, 5.41) is 9.34. The Morgan fingerprint density at radius 1 is 1.00 bits per heavy atom. The molecule has 0 aliphatic rings. The summed E-state index contributed by atoms with van der Waals surface area (Å²) < 4.78 is 0. The van der Waals surface area contributed by atoms with E-state index in [1.807, 2.05) is 24.5 Å². The standard InChI is InChI=1S/C17H21NO/c1-3-14(16-8-10-18-11-9-16)12-13(2)15-4-6-17(19)7-5-15/h4-11,13-14,19H,3,12H2,1-2H3. The lowest BCUT2D eigenvalue weighted by Crippen LogP contribution is -2.03. The zero-order valence-corrected chi connectivity index (χ0v) is 11.6. The molecule has 2 aromatic rings. The van der Waals surface area contributed by atoms with Crippen LogP contribution in [0.4, 0.5) is 0 Å². The van der Waals surface area contributed by atoms with Crippen LogP contribution in [0.25, 0.3) is 0 Å². The summed E-state index contributed by atoms with van der Waals surface area (Å²) in [6.07, 6.45) is 5.98. The molecule has 0 aliphatic heterocycles. The summed E-state index contributed by atoms with van der Waals surface area (Å²) in [6, 6.07) is 11.8. The third kappa shape index (κ3) is 3.57. The van der Waals surface area contributed by atoms with E-state index in [0.29, 0.717) is 17.6 Å². The normalized spacial score (nSPS) is 14.0. The van der Waals surface area contributed by atoms with Gasteiger partial charge in [0.05, 0.1) is 0 Å². The molecule has 1 heterocycles. The first-order valence-corrected chi connectivity index (χ1v) is 6.89. The van der Waals surface area contributed by atoms with E-state index < -0.39 is 0 Å². The minimum atomic E-state index is 0.331. The molecule has 0 aliphatic carbocycles. The summed E-state index contributed by atoms with van der Waals surface area (Å²) in [5.41, 5.74) is 2.65. The van der Waals surface area contributed by atoms with Gasteiger partial charge >= 0.3 is 0 Å². The van der Waals surface area contributed by atoms with Crippen molar-refractivity contribution in [2.24, 2.45) is 0 Å². The number of aromatic nitrogens is 1. The van der Waals surface area contributed by atoms with Crippen molar-refractivity contribution in [2.75, 3.05) is 0 Å². The summed E-state index contributed by atoms with van der Waals surface area (Å²) in [5.74, 6) is 1.38. The van der Waals surface area contributed by atoms with Gasteiger partial charge in [-0.15, -0.1) is 0 Å². The second kappa shape index (κ2) is 6.37. The lowest BCUT2D eigenvalue weighted by Gasteiger charge is -2.20. The van der Waals surface area contributed by atoms with Crippen molar-refractivity contribution in [3.63, 3.8) is 0 Å². The highest BCUT2D eigenvalue weighted by molar-refractivity contribution is 5.28. The van der Waals surface area contributed by atoms with E-state index in [1.165, 1.54) is 11.1 Å². The summed E-state index contributed by atoms with van der Waals surface area (Å²) in [4.78, 5) is 4.08. The van der Waals surface area contributed by atoms with Crippen LogP contribution in [-0.4, -0.2) is 10.1 Å². The van der Waals surface area contributed by atoms with Crippen molar-refractivity contribution in [2.45, 2.75) is 38.5 Å². The maximum atomic E-state index is 9.34. The van der Waals surface area contributed by atoms with Crippen LogP contribution in [0.15, 0.2) is 48.8 Å². The van der Waals surface area contributed by atoms with Gasteiger partial charge in [-0.25, -0.2) is 0 Å². The fourth-order valence-electron chi connectivity index (χ4n) is 2.54. The van der Waals surface area contributed by atoms with Crippen LogP contribution in [-0.2, 0) is 0 Å². The molecule has 1 N–H and O–H groups in total. The second-order valence-corrected chi connectivity index (χ2v) is 5.11. The number of hydrogen-bond donors (Lipinski definition) is 1. The molecule has 1 aromatic carbocycles. The zero-order valence-electron chi connectivity index (χ0n) is 11.6. The number of phenolic OH excluding ortho intramolecular Hbond substituents is 1. The number of nitrogens with zero attached hydrogens (tertiary/aromatic N) is 1. The Hall–Kier alpha value is -1.83. The fraction of sp³-hybridized carbons (Fsp3) is 0.353. The van der Waals surface area contributed by atoms with Gasteiger partial charge in [-0.05, 0) is 60.1 Å². The van der Waals surface area contributed by atoms with Gasteiger partial charge in [0.15, 0.2) is 0 Å². The smallest absolute Gasteiger partial charge is 0.115 e. The van der Waals surface area contributed by atoms with Crippen LogP contribution < -0.4 is 0 Å². The van der Waals surface area contributed by atoms with Crippen molar-refractivity contribution in [1.82, 2.24) is 4.98 Å². The van der Waals surface area contributed by atoms with Crippen LogP contribution in [0.5, 0.6) is 5.75 Å². The van der Waals surface area contributed by atoms with Crippen molar-refractivity contribution in [3.8, 4) is 5.75 Å². The van der Waals surface area contributed by atoms with Gasteiger partial charge in [0.1, 0.15) is 5.75 Å². The largest absolute Gasteiger partial charge is 0.508 e. The number of rotatable bonds is 5. The Kier molecular flexibility index (Phi) is 4.56. The highest BCUT2D eigenvalue weighted by atomic mass is 16.3. The molecule has 2 nitrogen and oxygen atoms in total. The number of hydrogen-bond acceptors (Lipinski definition) is 2. The maximum Gasteiger partial charge on any atom is 0.115 e. The van der Waals surface area contributed by atoms with Crippen LogP contribution in [0.2, 0.25) is 0 Å². The summed E-state index contributed by atoms with van der Waals surface area (Å²) >= 11 is 0.